The SMILES string of the molecule is C=CCCOCCNCC(O)c1ccc(C(F)(F)F)cc1. The van der Waals surface area contributed by atoms with Crippen LogP contribution in [0.2, 0.25) is 0 Å². The highest BCUT2D eigenvalue weighted by molar-refractivity contribution is 5.26. The highest BCUT2D eigenvalue weighted by atomic mass is 19.4. The van der Waals surface area contributed by atoms with Crippen molar-refractivity contribution in [2.24, 2.45) is 0 Å². The molecule has 118 valence electrons. The van der Waals surface area contributed by atoms with Crippen molar-refractivity contribution in [3.8, 4) is 0 Å². The minimum atomic E-state index is -4.36. The van der Waals surface area contributed by atoms with Crippen LogP contribution in [0, 0.1) is 0 Å². The second-order valence-corrected chi connectivity index (χ2v) is 4.53. The van der Waals surface area contributed by atoms with E-state index >= 15 is 0 Å². The maximum absolute atomic E-state index is 12.4. The summed E-state index contributed by atoms with van der Waals surface area (Å²) in [6.07, 6.45) is -2.65. The molecule has 1 aromatic rings. The van der Waals surface area contributed by atoms with Crippen LogP contribution in [0.5, 0.6) is 0 Å². The fraction of sp³-hybridized carbons (Fsp3) is 0.467. The zero-order valence-corrected chi connectivity index (χ0v) is 11.7. The Morgan fingerprint density at radius 1 is 1.24 bits per heavy atom. The van der Waals surface area contributed by atoms with E-state index < -0.39 is 17.8 Å². The molecule has 0 amide bonds. The minimum Gasteiger partial charge on any atom is -0.387 e. The lowest BCUT2D eigenvalue weighted by Gasteiger charge is -2.13. The number of aliphatic hydroxyl groups excluding tert-OH is 1. The summed E-state index contributed by atoms with van der Waals surface area (Å²) in [4.78, 5) is 0. The molecule has 1 rings (SSSR count). The van der Waals surface area contributed by atoms with Gasteiger partial charge in [0.15, 0.2) is 0 Å². The Labute approximate surface area is 122 Å². The van der Waals surface area contributed by atoms with E-state index in [0.717, 1.165) is 18.6 Å². The van der Waals surface area contributed by atoms with Crippen molar-refractivity contribution < 1.29 is 23.0 Å². The summed E-state index contributed by atoms with van der Waals surface area (Å²) in [6.45, 7) is 5.51. The molecule has 1 aromatic carbocycles. The van der Waals surface area contributed by atoms with Gasteiger partial charge in [0.2, 0.25) is 0 Å². The number of hydrogen-bond donors (Lipinski definition) is 2. The Morgan fingerprint density at radius 3 is 2.48 bits per heavy atom. The van der Waals surface area contributed by atoms with Crippen LogP contribution >= 0.6 is 0 Å². The highest BCUT2D eigenvalue weighted by Gasteiger charge is 2.30. The van der Waals surface area contributed by atoms with Gasteiger partial charge in [-0.25, -0.2) is 0 Å². The van der Waals surface area contributed by atoms with Crippen molar-refractivity contribution in [3.05, 3.63) is 48.0 Å². The van der Waals surface area contributed by atoms with Gasteiger partial charge < -0.3 is 15.2 Å². The molecule has 0 aliphatic heterocycles. The Bertz CT molecular complexity index is 418. The van der Waals surface area contributed by atoms with E-state index in [4.69, 9.17) is 4.74 Å². The van der Waals surface area contributed by atoms with Crippen molar-refractivity contribution in [3.63, 3.8) is 0 Å². The molecule has 0 heterocycles. The number of nitrogens with one attached hydrogen (secondary N) is 1. The number of aliphatic hydroxyl groups is 1. The van der Waals surface area contributed by atoms with E-state index in [0.29, 0.717) is 25.3 Å². The largest absolute Gasteiger partial charge is 0.416 e. The lowest BCUT2D eigenvalue weighted by Crippen LogP contribution is -2.25. The van der Waals surface area contributed by atoms with Gasteiger partial charge in [-0.15, -0.1) is 6.58 Å². The molecule has 0 spiro atoms. The Balaban J connectivity index is 2.29. The third-order valence-electron chi connectivity index (χ3n) is 2.85. The van der Waals surface area contributed by atoms with Gasteiger partial charge in [-0.2, -0.15) is 13.2 Å². The molecule has 0 saturated carbocycles. The van der Waals surface area contributed by atoms with Gasteiger partial charge in [0.05, 0.1) is 24.9 Å². The number of ether oxygens (including phenoxy) is 1. The maximum Gasteiger partial charge on any atom is 0.416 e. The summed E-state index contributed by atoms with van der Waals surface area (Å²) in [5.74, 6) is 0. The number of alkyl halides is 3. The third kappa shape index (κ3) is 6.75. The van der Waals surface area contributed by atoms with Gasteiger partial charge in [0, 0.05) is 13.1 Å². The van der Waals surface area contributed by atoms with Gasteiger partial charge in [-0.05, 0) is 24.1 Å². The Hall–Kier alpha value is -1.37. The zero-order valence-electron chi connectivity index (χ0n) is 11.7. The van der Waals surface area contributed by atoms with Crippen molar-refractivity contribution in [2.75, 3.05) is 26.3 Å². The number of halogens is 3. The van der Waals surface area contributed by atoms with Gasteiger partial charge in [-0.1, -0.05) is 18.2 Å². The molecular formula is C15H20F3NO2. The van der Waals surface area contributed by atoms with Crippen LogP contribution in [0.1, 0.15) is 23.7 Å². The second kappa shape index (κ2) is 8.81. The lowest BCUT2D eigenvalue weighted by atomic mass is 10.1. The molecule has 2 N–H and O–H groups in total. The second-order valence-electron chi connectivity index (χ2n) is 4.53. The summed E-state index contributed by atoms with van der Waals surface area (Å²) in [6, 6.07) is 4.51. The number of benzene rings is 1. The molecule has 0 aliphatic carbocycles. The molecule has 0 aromatic heterocycles. The number of rotatable bonds is 9. The summed E-state index contributed by atoms with van der Waals surface area (Å²) >= 11 is 0. The van der Waals surface area contributed by atoms with E-state index in [-0.39, 0.29) is 6.54 Å². The molecule has 1 atom stereocenters. The Kier molecular flexibility index (Phi) is 7.42. The van der Waals surface area contributed by atoms with E-state index in [1.54, 1.807) is 6.08 Å². The van der Waals surface area contributed by atoms with Crippen LogP contribution in [0.4, 0.5) is 13.2 Å². The molecule has 0 aliphatic rings. The summed E-state index contributed by atoms with van der Waals surface area (Å²) in [5.41, 5.74) is -0.273. The third-order valence-corrected chi connectivity index (χ3v) is 2.85. The summed E-state index contributed by atoms with van der Waals surface area (Å²) in [7, 11) is 0. The summed E-state index contributed by atoms with van der Waals surface area (Å²) in [5, 5.41) is 12.8. The van der Waals surface area contributed by atoms with Gasteiger partial charge in [-0.3, -0.25) is 0 Å². The first-order valence-corrected chi connectivity index (χ1v) is 6.69. The van der Waals surface area contributed by atoms with Crippen LogP contribution in [0.3, 0.4) is 0 Å². The van der Waals surface area contributed by atoms with Crippen LogP contribution in [0.25, 0.3) is 0 Å². The average molecular weight is 303 g/mol. The van der Waals surface area contributed by atoms with E-state index in [1.807, 2.05) is 0 Å². The topological polar surface area (TPSA) is 41.5 Å². The molecule has 1 unspecified atom stereocenters. The minimum absolute atomic E-state index is 0.260. The van der Waals surface area contributed by atoms with E-state index in [9.17, 15) is 18.3 Å². The smallest absolute Gasteiger partial charge is 0.387 e. The van der Waals surface area contributed by atoms with E-state index in [2.05, 4.69) is 11.9 Å². The lowest BCUT2D eigenvalue weighted by molar-refractivity contribution is -0.137. The zero-order chi connectivity index (χ0) is 15.7. The first-order valence-electron chi connectivity index (χ1n) is 6.69. The quantitative estimate of drug-likeness (QED) is 0.544. The number of hydrogen-bond acceptors (Lipinski definition) is 3. The highest BCUT2D eigenvalue weighted by Crippen LogP contribution is 2.29. The predicted octanol–water partition coefficient (Wildman–Crippen LogP) is 2.92. The molecule has 0 bridgehead atoms. The van der Waals surface area contributed by atoms with E-state index in [1.165, 1.54) is 12.1 Å². The van der Waals surface area contributed by atoms with Crippen molar-refractivity contribution in [1.29, 1.82) is 0 Å². The fourth-order valence-corrected chi connectivity index (χ4v) is 1.66. The van der Waals surface area contributed by atoms with Gasteiger partial charge in [0.1, 0.15) is 0 Å². The molecule has 0 fully saturated rings. The molecule has 3 nitrogen and oxygen atoms in total. The summed E-state index contributed by atoms with van der Waals surface area (Å²) < 4.78 is 42.5. The van der Waals surface area contributed by atoms with Crippen LogP contribution in [-0.4, -0.2) is 31.4 Å². The maximum atomic E-state index is 12.4. The Morgan fingerprint density at radius 2 is 1.90 bits per heavy atom. The van der Waals surface area contributed by atoms with Gasteiger partial charge >= 0.3 is 6.18 Å². The molecule has 21 heavy (non-hydrogen) atoms. The molecular weight excluding hydrogens is 283 g/mol. The van der Waals surface area contributed by atoms with Crippen molar-refractivity contribution in [1.82, 2.24) is 5.32 Å². The van der Waals surface area contributed by atoms with Crippen LogP contribution in [-0.2, 0) is 10.9 Å². The van der Waals surface area contributed by atoms with Crippen molar-refractivity contribution >= 4 is 0 Å². The van der Waals surface area contributed by atoms with Crippen molar-refractivity contribution in [2.45, 2.75) is 18.7 Å². The fourth-order valence-electron chi connectivity index (χ4n) is 1.66. The first kappa shape index (κ1) is 17.7. The first-order chi connectivity index (χ1) is 9.95. The van der Waals surface area contributed by atoms with Gasteiger partial charge in [0.25, 0.3) is 0 Å². The standard InChI is InChI=1S/C15H20F3NO2/c1-2-3-9-21-10-8-19-11-14(20)12-4-6-13(7-5-12)15(16,17)18/h2,4-7,14,19-20H,1,3,8-11H2. The average Bonchev–Trinajstić information content (AvgIpc) is 2.45. The predicted molar refractivity (Wildman–Crippen MR) is 74.9 cm³/mol. The monoisotopic (exact) mass is 303 g/mol. The molecule has 0 saturated heterocycles. The van der Waals surface area contributed by atoms with Crippen LogP contribution < -0.4 is 5.32 Å². The molecule has 0 radical (unpaired) electrons. The van der Waals surface area contributed by atoms with Crippen LogP contribution in [0.15, 0.2) is 36.9 Å². The molecule has 6 heteroatoms. The normalized spacial score (nSPS) is 13.1.